The van der Waals surface area contributed by atoms with E-state index in [1.54, 1.807) is 7.11 Å². The highest BCUT2D eigenvalue weighted by Gasteiger charge is 2.17. The fourth-order valence-electron chi connectivity index (χ4n) is 3.99. The molecule has 1 atom stereocenters. The van der Waals surface area contributed by atoms with E-state index in [1.165, 1.54) is 16.7 Å². The second kappa shape index (κ2) is 12.9. The van der Waals surface area contributed by atoms with Crippen LogP contribution in [0.4, 0.5) is 0 Å². The molecule has 2 aromatic carbocycles. The van der Waals surface area contributed by atoms with Crippen molar-refractivity contribution >= 4 is 11.8 Å². The van der Waals surface area contributed by atoms with Crippen LogP contribution < -0.4 is 4.74 Å². The zero-order valence-electron chi connectivity index (χ0n) is 19.9. The molecule has 0 amide bonds. The minimum atomic E-state index is -0.590. The van der Waals surface area contributed by atoms with E-state index in [-0.39, 0.29) is 18.1 Å². The fourth-order valence-corrected chi connectivity index (χ4v) is 3.99. The summed E-state index contributed by atoms with van der Waals surface area (Å²) in [6.07, 6.45) is 4.07. The van der Waals surface area contributed by atoms with Crippen molar-refractivity contribution in [1.29, 1.82) is 1.43 Å². The average Bonchev–Trinajstić information content (AvgIpc) is 2.78. The maximum atomic E-state index is 12.5. The second-order valence-corrected chi connectivity index (χ2v) is 8.42. The Kier molecular flexibility index (Phi) is 9.58. The molecule has 0 fully saturated rings. The molecule has 2 aromatic rings. The fraction of sp³-hybridized carbons (Fsp3) is 0.462. The summed E-state index contributed by atoms with van der Waals surface area (Å²) in [4.78, 5) is 25.7. The van der Waals surface area contributed by atoms with E-state index in [4.69, 9.17) is 6.17 Å². The summed E-state index contributed by atoms with van der Waals surface area (Å²) in [5, 5.41) is 3.91. The predicted molar refractivity (Wildman–Crippen MR) is 124 cm³/mol. The third-order valence-corrected chi connectivity index (χ3v) is 5.42. The first-order valence-electron chi connectivity index (χ1n) is 11.3. The number of hydrogen-bond acceptors (Lipinski definition) is 5. The Morgan fingerprint density at radius 1 is 1.06 bits per heavy atom. The first kappa shape index (κ1) is 23.0. The molecule has 0 bridgehead atoms. The number of benzene rings is 2. The van der Waals surface area contributed by atoms with Gasteiger partial charge in [0.05, 0.1) is 7.11 Å². The Morgan fingerprint density at radius 3 is 2.55 bits per heavy atom. The van der Waals surface area contributed by atoms with Gasteiger partial charge < -0.3 is 14.7 Å². The molecule has 1 N–H and O–H groups in total. The van der Waals surface area contributed by atoms with Crippen molar-refractivity contribution in [2.75, 3.05) is 27.7 Å². The molecule has 5 nitrogen and oxygen atoms in total. The smallest absolute Gasteiger partial charge is 0.303 e. The van der Waals surface area contributed by atoms with Crippen LogP contribution in [-0.4, -0.2) is 49.5 Å². The first-order valence-corrected chi connectivity index (χ1v) is 10.9. The molecule has 0 aromatic heterocycles. The van der Waals surface area contributed by atoms with Crippen LogP contribution in [-0.2, 0) is 28.9 Å². The lowest BCUT2D eigenvalue weighted by molar-refractivity contribution is -0.137. The third kappa shape index (κ3) is 9.35. The zero-order chi connectivity index (χ0) is 23.3. The maximum absolute atomic E-state index is 12.5. The molecule has 0 heterocycles. The molecule has 0 saturated heterocycles. The Balaban J connectivity index is 2.01. The Hall–Kier alpha value is -2.66. The highest BCUT2D eigenvalue weighted by atomic mass is 16.5. The highest BCUT2D eigenvalue weighted by molar-refractivity contribution is 5.79. The summed E-state index contributed by atoms with van der Waals surface area (Å²) >= 11 is 0. The van der Waals surface area contributed by atoms with Gasteiger partial charge in [0.1, 0.15) is 11.5 Å². The van der Waals surface area contributed by atoms with Crippen LogP contribution in [0.25, 0.3) is 1.43 Å². The number of ketones is 1. The molecule has 0 aliphatic carbocycles. The van der Waals surface area contributed by atoms with Crippen LogP contribution in [0.15, 0.2) is 48.5 Å². The summed E-state index contributed by atoms with van der Waals surface area (Å²) in [7, 11) is 5.73. The number of carbonyl (C=O) groups is 2. The van der Waals surface area contributed by atoms with Gasteiger partial charge in [-0.2, -0.15) is 0 Å². The summed E-state index contributed by atoms with van der Waals surface area (Å²) in [6.45, 7) is 0.824. The number of aliphatic carboxylic acids is 1. The summed E-state index contributed by atoms with van der Waals surface area (Å²) in [5.41, 5.74) is 3.84. The van der Waals surface area contributed by atoms with Crippen molar-refractivity contribution in [1.82, 2.24) is 4.90 Å². The number of hydrogen-bond donors (Lipinski definition) is 1. The molecule has 2 rings (SSSR count). The largest absolute Gasteiger partial charge is 0.497 e. The second-order valence-electron chi connectivity index (χ2n) is 8.42. The van der Waals surface area contributed by atoms with E-state index in [9.17, 15) is 9.59 Å². The van der Waals surface area contributed by atoms with Crippen molar-refractivity contribution in [2.24, 2.45) is 5.92 Å². The number of nitrogens with zero attached hydrogens (tertiary/aromatic N) is 1. The van der Waals surface area contributed by atoms with Crippen LogP contribution in [0.5, 0.6) is 5.75 Å². The number of carbonyl (C=O) groups excluding carboxylic acids is 1. The normalized spacial score (nSPS) is 12.3. The predicted octanol–water partition coefficient (Wildman–Crippen LogP) is 4.41. The molecule has 0 aliphatic heterocycles. The van der Waals surface area contributed by atoms with Crippen molar-refractivity contribution in [3.63, 3.8) is 0 Å². The number of ether oxygens (including phenoxy) is 1. The minimum absolute atomic E-state index is 0.112. The maximum Gasteiger partial charge on any atom is 0.303 e. The number of carboxylic acid groups (broad SMARTS) is 1. The van der Waals surface area contributed by atoms with Crippen molar-refractivity contribution < 1.29 is 19.4 Å². The lowest BCUT2D eigenvalue weighted by Gasteiger charge is -2.22. The summed E-state index contributed by atoms with van der Waals surface area (Å²) < 4.78 is 11.9. The van der Waals surface area contributed by atoms with Gasteiger partial charge in [-0.05, 0) is 74.5 Å². The van der Waals surface area contributed by atoms with Crippen LogP contribution in [0, 0.1) is 5.92 Å². The SMILES string of the molecule is [2H]OC(=O)CCCC(=O)CC(Cc1ccccc1CCc1cccc(OC)c1)CN(C)C. The van der Waals surface area contributed by atoms with E-state index in [1.807, 2.05) is 26.2 Å². The van der Waals surface area contributed by atoms with Gasteiger partial charge in [-0.25, -0.2) is 0 Å². The number of rotatable bonds is 14. The summed E-state index contributed by atoms with van der Waals surface area (Å²) in [6, 6.07) is 16.6. The minimum Gasteiger partial charge on any atom is -0.497 e. The molecule has 5 heteroatoms. The molecule has 168 valence electrons. The summed E-state index contributed by atoms with van der Waals surface area (Å²) in [5.74, 6) is 0.644. The van der Waals surface area contributed by atoms with Crippen LogP contribution >= 0.6 is 0 Å². The molecule has 31 heavy (non-hydrogen) atoms. The topological polar surface area (TPSA) is 66.8 Å². The Labute approximate surface area is 187 Å². The van der Waals surface area contributed by atoms with Crippen LogP contribution in [0.1, 0.15) is 42.4 Å². The molecule has 0 radical (unpaired) electrons. The number of Topliss-reactive ketones (excluding diaryl/α,β-unsaturated/α-hetero) is 1. The van der Waals surface area contributed by atoms with E-state index >= 15 is 0 Å². The van der Waals surface area contributed by atoms with Gasteiger partial charge in [0.25, 0.3) is 1.43 Å². The van der Waals surface area contributed by atoms with Gasteiger partial charge in [-0.3, -0.25) is 9.59 Å². The zero-order valence-corrected chi connectivity index (χ0v) is 18.9. The van der Waals surface area contributed by atoms with Gasteiger partial charge in [0.2, 0.25) is 0 Å². The van der Waals surface area contributed by atoms with Gasteiger partial charge in [-0.1, -0.05) is 36.4 Å². The number of methoxy groups -OCH3 is 1. The van der Waals surface area contributed by atoms with Gasteiger partial charge in [0, 0.05) is 25.8 Å². The molecular weight excluding hydrogens is 390 g/mol. The third-order valence-electron chi connectivity index (χ3n) is 5.42. The van der Waals surface area contributed by atoms with Gasteiger partial charge in [0.15, 0.2) is 0 Å². The van der Waals surface area contributed by atoms with Crippen LogP contribution in [0.2, 0.25) is 0 Å². The van der Waals surface area contributed by atoms with Crippen molar-refractivity contribution in [2.45, 2.75) is 44.9 Å². The standard InChI is InChI=1S/C26H35NO4/c1-27(2)19-21(17-24(28)11-7-13-26(29)30)16-23-10-5-4-9-22(23)15-14-20-8-6-12-25(18-20)31-3/h4-6,8-10,12,18,21H,7,11,13-17,19H2,1-3H3,(H,29,30)/i/hD. The van der Waals surface area contributed by atoms with Crippen molar-refractivity contribution in [3.05, 3.63) is 65.2 Å². The number of aryl methyl sites for hydroxylation is 2. The molecule has 0 spiro atoms. The molecule has 0 aliphatic rings. The quantitative estimate of drug-likeness (QED) is 0.485. The first-order chi connectivity index (χ1) is 15.4. The van der Waals surface area contributed by atoms with Gasteiger partial charge >= 0.3 is 5.97 Å². The Morgan fingerprint density at radius 2 is 1.84 bits per heavy atom. The monoisotopic (exact) mass is 426 g/mol. The number of carboxylic acids is 1. The lowest BCUT2D eigenvalue weighted by atomic mass is 9.89. The van der Waals surface area contributed by atoms with E-state index in [2.05, 4.69) is 46.4 Å². The van der Waals surface area contributed by atoms with E-state index < -0.39 is 5.97 Å². The van der Waals surface area contributed by atoms with Gasteiger partial charge in [-0.15, -0.1) is 0 Å². The average molecular weight is 427 g/mol. The highest BCUT2D eigenvalue weighted by Crippen LogP contribution is 2.21. The Bertz CT molecular complexity index is 868. The molecule has 1 unspecified atom stereocenters. The van der Waals surface area contributed by atoms with E-state index in [0.717, 1.165) is 31.6 Å². The lowest BCUT2D eigenvalue weighted by Crippen LogP contribution is -2.26. The molecule has 0 saturated carbocycles. The van der Waals surface area contributed by atoms with Crippen LogP contribution in [0.3, 0.4) is 0 Å². The molecular formula is C26H35NO4. The van der Waals surface area contributed by atoms with E-state index in [0.29, 0.717) is 19.3 Å². The van der Waals surface area contributed by atoms with Crippen molar-refractivity contribution in [3.8, 4) is 5.75 Å².